The molecular formula is C22H30FN3O3Si. The number of benzene rings is 2. The average molecular weight is 432 g/mol. The van der Waals surface area contributed by atoms with E-state index < -0.39 is 26.1 Å². The van der Waals surface area contributed by atoms with E-state index >= 15 is 0 Å². The first-order valence-corrected chi connectivity index (χ1v) is 13.4. The van der Waals surface area contributed by atoms with Gasteiger partial charge in [0.05, 0.1) is 14.7 Å². The summed E-state index contributed by atoms with van der Waals surface area (Å²) in [6.45, 7) is 8.84. The molecule has 0 fully saturated rings. The summed E-state index contributed by atoms with van der Waals surface area (Å²) in [5.41, 5.74) is 1.90. The molecule has 0 aliphatic heterocycles. The van der Waals surface area contributed by atoms with Crippen molar-refractivity contribution in [2.45, 2.75) is 39.2 Å². The zero-order valence-electron chi connectivity index (χ0n) is 18.1. The Hall–Kier alpha value is -2.71. The van der Waals surface area contributed by atoms with E-state index in [9.17, 15) is 14.0 Å². The van der Waals surface area contributed by atoms with Gasteiger partial charge in [0.15, 0.2) is 0 Å². The second-order valence-electron chi connectivity index (χ2n) is 8.05. The number of methoxy groups -OCH3 is 1. The fourth-order valence-electron chi connectivity index (χ4n) is 3.03. The maximum atomic E-state index is 14.5. The van der Waals surface area contributed by atoms with Gasteiger partial charge < -0.3 is 20.7 Å². The third kappa shape index (κ3) is 6.40. The lowest BCUT2D eigenvalue weighted by Gasteiger charge is -2.21. The SMILES string of the molecule is CCNC(=O)NC(C(=O)Nc1ccc([Si](C)(C)C)c(F)c1)c1ccc(COC)cc1. The zero-order chi connectivity index (χ0) is 22.3. The van der Waals surface area contributed by atoms with Gasteiger partial charge in [0, 0.05) is 19.3 Å². The van der Waals surface area contributed by atoms with Gasteiger partial charge in [0.2, 0.25) is 0 Å². The highest BCUT2D eigenvalue weighted by molar-refractivity contribution is 6.88. The fraction of sp³-hybridized carbons (Fsp3) is 0.364. The van der Waals surface area contributed by atoms with Crippen LogP contribution in [0.4, 0.5) is 14.9 Å². The van der Waals surface area contributed by atoms with Gasteiger partial charge >= 0.3 is 6.03 Å². The van der Waals surface area contributed by atoms with Crippen molar-refractivity contribution >= 4 is 30.9 Å². The lowest BCUT2D eigenvalue weighted by Crippen LogP contribution is -2.42. The van der Waals surface area contributed by atoms with Crippen LogP contribution in [0.2, 0.25) is 19.6 Å². The van der Waals surface area contributed by atoms with Crippen LogP contribution in [0.3, 0.4) is 0 Å². The first-order chi connectivity index (χ1) is 14.2. The number of anilines is 1. The van der Waals surface area contributed by atoms with Crippen LogP contribution >= 0.6 is 0 Å². The van der Waals surface area contributed by atoms with Crippen molar-refractivity contribution in [2.75, 3.05) is 19.0 Å². The highest BCUT2D eigenvalue weighted by atomic mass is 28.3. The van der Waals surface area contributed by atoms with Crippen molar-refractivity contribution in [1.29, 1.82) is 0 Å². The van der Waals surface area contributed by atoms with E-state index in [1.165, 1.54) is 6.07 Å². The van der Waals surface area contributed by atoms with E-state index in [1.54, 1.807) is 38.3 Å². The van der Waals surface area contributed by atoms with Crippen LogP contribution in [-0.4, -0.2) is 33.7 Å². The summed E-state index contributed by atoms with van der Waals surface area (Å²) in [4.78, 5) is 25.0. The molecule has 0 saturated carbocycles. The molecule has 0 aromatic heterocycles. The molecule has 3 amide bonds. The van der Waals surface area contributed by atoms with Gasteiger partial charge in [-0.05, 0) is 35.4 Å². The Morgan fingerprint density at radius 1 is 1.10 bits per heavy atom. The standard InChI is InChI=1S/C22H30FN3O3Si/c1-6-24-22(28)26-20(16-9-7-15(8-10-16)14-29-2)21(27)25-17-11-12-19(18(23)13-17)30(3,4)5/h7-13,20H,6,14H2,1-5H3,(H,25,27)(H2,24,26,28). The molecule has 2 aromatic carbocycles. The molecule has 30 heavy (non-hydrogen) atoms. The summed E-state index contributed by atoms with van der Waals surface area (Å²) in [6.07, 6.45) is 0. The molecule has 3 N–H and O–H groups in total. The molecule has 0 saturated heterocycles. The van der Waals surface area contributed by atoms with Gasteiger partial charge in [-0.1, -0.05) is 50.0 Å². The molecule has 0 radical (unpaired) electrons. The second-order valence-corrected chi connectivity index (χ2v) is 13.1. The van der Waals surface area contributed by atoms with Crippen molar-refractivity contribution in [3.8, 4) is 0 Å². The molecular weight excluding hydrogens is 401 g/mol. The van der Waals surface area contributed by atoms with Gasteiger partial charge in [-0.3, -0.25) is 4.79 Å². The molecule has 0 spiro atoms. The number of rotatable bonds is 8. The number of hydrogen-bond acceptors (Lipinski definition) is 3. The van der Waals surface area contributed by atoms with E-state index in [4.69, 9.17) is 4.74 Å². The summed E-state index contributed by atoms with van der Waals surface area (Å²) in [7, 11) is -0.217. The number of carbonyl (C=O) groups excluding carboxylic acids is 2. The van der Waals surface area contributed by atoms with Crippen LogP contribution in [0.25, 0.3) is 0 Å². The Labute approximate surface area is 178 Å². The predicted octanol–water partition coefficient (Wildman–Crippen LogP) is 3.52. The molecule has 162 valence electrons. The Balaban J connectivity index is 2.26. The van der Waals surface area contributed by atoms with Gasteiger partial charge in [0.1, 0.15) is 11.9 Å². The summed E-state index contributed by atoms with van der Waals surface area (Å²) in [5.74, 6) is -0.787. The van der Waals surface area contributed by atoms with Gasteiger partial charge in [-0.2, -0.15) is 0 Å². The second kappa shape index (κ2) is 10.4. The lowest BCUT2D eigenvalue weighted by atomic mass is 10.0. The third-order valence-electron chi connectivity index (χ3n) is 4.54. The van der Waals surface area contributed by atoms with Crippen molar-refractivity contribution < 1.29 is 18.7 Å². The molecule has 2 aromatic rings. The van der Waals surface area contributed by atoms with E-state index in [0.29, 0.717) is 29.6 Å². The van der Waals surface area contributed by atoms with Crippen molar-refractivity contribution in [3.05, 3.63) is 59.4 Å². The summed E-state index contributed by atoms with van der Waals surface area (Å²) in [5, 5.41) is 8.72. The van der Waals surface area contributed by atoms with Gasteiger partial charge in [-0.15, -0.1) is 0 Å². The Bertz CT molecular complexity index is 882. The van der Waals surface area contributed by atoms with E-state index in [-0.39, 0.29) is 5.82 Å². The highest BCUT2D eigenvalue weighted by Gasteiger charge is 2.24. The number of urea groups is 1. The topological polar surface area (TPSA) is 79.5 Å². The lowest BCUT2D eigenvalue weighted by molar-refractivity contribution is -0.118. The van der Waals surface area contributed by atoms with Crippen LogP contribution in [0.1, 0.15) is 24.1 Å². The van der Waals surface area contributed by atoms with E-state index in [1.807, 2.05) is 12.1 Å². The zero-order valence-corrected chi connectivity index (χ0v) is 19.1. The molecule has 0 aliphatic rings. The Morgan fingerprint density at radius 2 is 1.77 bits per heavy atom. The molecule has 0 aliphatic carbocycles. The molecule has 2 rings (SSSR count). The smallest absolute Gasteiger partial charge is 0.315 e. The quantitative estimate of drug-likeness (QED) is 0.560. The van der Waals surface area contributed by atoms with Gasteiger partial charge in [0.25, 0.3) is 5.91 Å². The molecule has 1 unspecified atom stereocenters. The minimum absolute atomic E-state index is 0.330. The van der Waals surface area contributed by atoms with Gasteiger partial charge in [-0.25, -0.2) is 9.18 Å². The van der Waals surface area contributed by atoms with Crippen LogP contribution in [-0.2, 0) is 16.1 Å². The number of hydrogen-bond donors (Lipinski definition) is 3. The van der Waals surface area contributed by atoms with Crippen LogP contribution < -0.4 is 21.1 Å². The fourth-order valence-corrected chi connectivity index (χ4v) is 4.40. The van der Waals surface area contributed by atoms with E-state index in [0.717, 1.165) is 5.56 Å². The molecule has 0 heterocycles. The maximum Gasteiger partial charge on any atom is 0.315 e. The average Bonchev–Trinajstić information content (AvgIpc) is 2.66. The predicted molar refractivity (Wildman–Crippen MR) is 120 cm³/mol. The van der Waals surface area contributed by atoms with Crippen molar-refractivity contribution in [2.24, 2.45) is 0 Å². The number of ether oxygens (including phenoxy) is 1. The maximum absolute atomic E-state index is 14.5. The number of halogens is 1. The number of amides is 3. The van der Waals surface area contributed by atoms with Crippen molar-refractivity contribution in [3.63, 3.8) is 0 Å². The minimum Gasteiger partial charge on any atom is -0.380 e. The van der Waals surface area contributed by atoms with Crippen LogP contribution in [0.15, 0.2) is 42.5 Å². The largest absolute Gasteiger partial charge is 0.380 e. The Kier molecular flexibility index (Phi) is 8.13. The third-order valence-corrected chi connectivity index (χ3v) is 6.57. The molecule has 8 heteroatoms. The molecule has 6 nitrogen and oxygen atoms in total. The minimum atomic E-state index is -1.82. The highest BCUT2D eigenvalue weighted by Crippen LogP contribution is 2.19. The van der Waals surface area contributed by atoms with Crippen molar-refractivity contribution in [1.82, 2.24) is 10.6 Å². The number of carbonyl (C=O) groups is 2. The monoisotopic (exact) mass is 431 g/mol. The van der Waals surface area contributed by atoms with Crippen LogP contribution in [0.5, 0.6) is 0 Å². The summed E-state index contributed by atoms with van der Waals surface area (Å²) < 4.78 is 19.6. The Morgan fingerprint density at radius 3 is 2.30 bits per heavy atom. The first-order valence-electron chi connectivity index (χ1n) is 9.88. The molecule has 1 atom stereocenters. The van der Waals surface area contributed by atoms with Crippen LogP contribution in [0, 0.1) is 5.82 Å². The molecule has 0 bridgehead atoms. The summed E-state index contributed by atoms with van der Waals surface area (Å²) in [6, 6.07) is 10.5. The summed E-state index contributed by atoms with van der Waals surface area (Å²) >= 11 is 0. The van der Waals surface area contributed by atoms with E-state index in [2.05, 4.69) is 35.6 Å². The first kappa shape index (κ1) is 23.6. The number of nitrogens with one attached hydrogen (secondary N) is 3. The normalized spacial score (nSPS) is 12.2.